The fourth-order valence-electron chi connectivity index (χ4n) is 2.95. The summed E-state index contributed by atoms with van der Waals surface area (Å²) in [5.74, 6) is 0.521. The Bertz CT molecular complexity index is 959. The molecule has 0 bridgehead atoms. The molecule has 25 heavy (non-hydrogen) atoms. The van der Waals surface area contributed by atoms with Gasteiger partial charge in [-0.25, -0.2) is 19.9 Å². The topological polar surface area (TPSA) is 87.7 Å². The largest absolute Gasteiger partial charge is 0.306 e. The number of aromatic amines is 1. The summed E-state index contributed by atoms with van der Waals surface area (Å²) in [6.45, 7) is 2.15. The second-order valence-electron chi connectivity index (χ2n) is 5.88. The van der Waals surface area contributed by atoms with Crippen LogP contribution >= 0.6 is 15.9 Å². The van der Waals surface area contributed by atoms with Gasteiger partial charge in [-0.2, -0.15) is 0 Å². The van der Waals surface area contributed by atoms with Gasteiger partial charge in [-0.15, -0.1) is 0 Å². The Labute approximate surface area is 152 Å². The summed E-state index contributed by atoms with van der Waals surface area (Å²) in [6, 6.07) is 3.95. The fraction of sp³-hybridized carbons (Fsp3) is 0.235. The van der Waals surface area contributed by atoms with Crippen molar-refractivity contribution in [2.24, 2.45) is 0 Å². The highest BCUT2D eigenvalue weighted by atomic mass is 79.9. The van der Waals surface area contributed by atoms with Crippen molar-refractivity contribution < 1.29 is 0 Å². The van der Waals surface area contributed by atoms with Crippen LogP contribution in [-0.4, -0.2) is 36.4 Å². The van der Waals surface area contributed by atoms with Crippen LogP contribution in [0.5, 0.6) is 0 Å². The van der Waals surface area contributed by atoms with Crippen LogP contribution in [0.15, 0.2) is 46.4 Å². The summed E-state index contributed by atoms with van der Waals surface area (Å²) in [4.78, 5) is 34.4. The summed E-state index contributed by atoms with van der Waals surface area (Å²) >= 11 is 3.47. The molecule has 3 aromatic rings. The molecular weight excluding hydrogens is 384 g/mol. The number of fused-ring (bicyclic) bond motifs is 1. The lowest BCUT2D eigenvalue weighted by atomic mass is 10.1. The number of H-pyrrole nitrogens is 1. The standard InChI is InChI=1S/C17H15BrN6O/c18-15-11(2-1-4-21-15)8-24-5-3-14-13(9-24)17(25)23-16(22-14)12-6-19-10-20-7-12/h1-2,4,6-7,10H,3,5,8-9H2,(H,22,23,25). The molecule has 0 aromatic carbocycles. The lowest BCUT2D eigenvalue weighted by molar-refractivity contribution is 0.241. The number of nitrogens with zero attached hydrogens (tertiary/aromatic N) is 5. The summed E-state index contributed by atoms with van der Waals surface area (Å²) in [6.07, 6.45) is 7.23. The molecule has 1 N–H and O–H groups in total. The molecule has 0 spiro atoms. The number of aromatic nitrogens is 5. The van der Waals surface area contributed by atoms with E-state index in [1.807, 2.05) is 12.1 Å². The van der Waals surface area contributed by atoms with Crippen LogP contribution < -0.4 is 5.56 Å². The average molecular weight is 399 g/mol. The van der Waals surface area contributed by atoms with E-state index < -0.39 is 0 Å². The van der Waals surface area contributed by atoms with Gasteiger partial charge in [0.15, 0.2) is 0 Å². The number of nitrogens with one attached hydrogen (secondary N) is 1. The Hall–Kier alpha value is -2.45. The Balaban J connectivity index is 1.60. The van der Waals surface area contributed by atoms with E-state index in [-0.39, 0.29) is 5.56 Å². The van der Waals surface area contributed by atoms with Crippen LogP contribution in [0.2, 0.25) is 0 Å². The molecule has 1 aliphatic rings. The van der Waals surface area contributed by atoms with Crippen molar-refractivity contribution in [2.45, 2.75) is 19.5 Å². The van der Waals surface area contributed by atoms with Crippen molar-refractivity contribution in [3.8, 4) is 11.4 Å². The Morgan fingerprint density at radius 1 is 1.28 bits per heavy atom. The van der Waals surface area contributed by atoms with E-state index in [1.165, 1.54) is 6.33 Å². The van der Waals surface area contributed by atoms with Crippen LogP contribution in [0.1, 0.15) is 16.8 Å². The highest BCUT2D eigenvalue weighted by molar-refractivity contribution is 9.10. The molecule has 8 heteroatoms. The molecule has 0 atom stereocenters. The van der Waals surface area contributed by atoms with Crippen molar-refractivity contribution in [1.82, 2.24) is 29.8 Å². The zero-order valence-corrected chi connectivity index (χ0v) is 14.9. The second-order valence-corrected chi connectivity index (χ2v) is 6.63. The molecule has 0 aliphatic carbocycles. The first-order chi connectivity index (χ1) is 12.2. The minimum atomic E-state index is -0.0983. The van der Waals surface area contributed by atoms with Crippen molar-refractivity contribution in [3.63, 3.8) is 0 Å². The third-order valence-electron chi connectivity index (χ3n) is 4.21. The first-order valence-electron chi connectivity index (χ1n) is 7.90. The van der Waals surface area contributed by atoms with E-state index in [0.29, 0.717) is 17.9 Å². The maximum Gasteiger partial charge on any atom is 0.255 e. The van der Waals surface area contributed by atoms with Gasteiger partial charge in [0.1, 0.15) is 16.8 Å². The van der Waals surface area contributed by atoms with Crippen LogP contribution in [-0.2, 0) is 19.5 Å². The number of rotatable bonds is 3. The first kappa shape index (κ1) is 16.0. The minimum absolute atomic E-state index is 0.0983. The van der Waals surface area contributed by atoms with Gasteiger partial charge in [-0.05, 0) is 27.6 Å². The van der Waals surface area contributed by atoms with Gasteiger partial charge in [-0.3, -0.25) is 9.69 Å². The molecule has 0 saturated heterocycles. The molecule has 4 rings (SSSR count). The predicted octanol–water partition coefficient (Wildman–Crippen LogP) is 1.94. The van der Waals surface area contributed by atoms with Crippen molar-refractivity contribution in [3.05, 3.63) is 68.8 Å². The van der Waals surface area contributed by atoms with Crippen LogP contribution in [0.4, 0.5) is 0 Å². The van der Waals surface area contributed by atoms with E-state index in [4.69, 9.17) is 0 Å². The molecule has 0 unspecified atom stereocenters. The molecule has 7 nitrogen and oxygen atoms in total. The number of hydrogen-bond acceptors (Lipinski definition) is 6. The predicted molar refractivity (Wildman–Crippen MR) is 95.6 cm³/mol. The van der Waals surface area contributed by atoms with Crippen LogP contribution in [0.25, 0.3) is 11.4 Å². The SMILES string of the molecule is O=c1[nH]c(-c2cncnc2)nc2c1CN(Cc1cccnc1Br)CC2. The smallest absolute Gasteiger partial charge is 0.255 e. The van der Waals surface area contributed by atoms with Crippen molar-refractivity contribution in [1.29, 1.82) is 0 Å². The molecule has 0 fully saturated rings. The summed E-state index contributed by atoms with van der Waals surface area (Å²) in [5, 5.41) is 0. The number of hydrogen-bond donors (Lipinski definition) is 1. The summed E-state index contributed by atoms with van der Waals surface area (Å²) in [7, 11) is 0. The van der Waals surface area contributed by atoms with Gasteiger partial charge < -0.3 is 4.98 Å². The number of pyridine rings is 1. The summed E-state index contributed by atoms with van der Waals surface area (Å²) < 4.78 is 0.840. The third kappa shape index (κ3) is 3.35. The average Bonchev–Trinajstić information content (AvgIpc) is 2.65. The van der Waals surface area contributed by atoms with Gasteiger partial charge in [0.25, 0.3) is 5.56 Å². The van der Waals surface area contributed by atoms with Gasteiger partial charge in [0.2, 0.25) is 0 Å². The molecule has 1 aliphatic heterocycles. The third-order valence-corrected chi connectivity index (χ3v) is 4.93. The van der Waals surface area contributed by atoms with E-state index >= 15 is 0 Å². The number of halogens is 1. The second kappa shape index (κ2) is 6.81. The Morgan fingerprint density at radius 3 is 2.92 bits per heavy atom. The molecule has 0 amide bonds. The lowest BCUT2D eigenvalue weighted by Crippen LogP contribution is -2.35. The van der Waals surface area contributed by atoms with E-state index in [0.717, 1.165) is 40.9 Å². The normalized spacial score (nSPS) is 14.3. The van der Waals surface area contributed by atoms with Gasteiger partial charge >= 0.3 is 0 Å². The Morgan fingerprint density at radius 2 is 2.12 bits per heavy atom. The maximum atomic E-state index is 12.5. The lowest BCUT2D eigenvalue weighted by Gasteiger charge is -2.27. The highest BCUT2D eigenvalue weighted by Gasteiger charge is 2.22. The summed E-state index contributed by atoms with van der Waals surface area (Å²) in [5.41, 5.74) is 3.30. The maximum absolute atomic E-state index is 12.5. The van der Waals surface area contributed by atoms with Gasteiger partial charge in [-0.1, -0.05) is 6.07 Å². The molecule has 3 aromatic heterocycles. The highest BCUT2D eigenvalue weighted by Crippen LogP contribution is 2.21. The van der Waals surface area contributed by atoms with Crippen molar-refractivity contribution in [2.75, 3.05) is 6.54 Å². The molecular formula is C17H15BrN6O. The zero-order chi connectivity index (χ0) is 17.2. The van der Waals surface area contributed by atoms with Crippen LogP contribution in [0, 0.1) is 0 Å². The van der Waals surface area contributed by atoms with E-state index in [9.17, 15) is 4.79 Å². The monoisotopic (exact) mass is 398 g/mol. The van der Waals surface area contributed by atoms with E-state index in [2.05, 4.69) is 45.7 Å². The molecule has 4 heterocycles. The molecule has 0 radical (unpaired) electrons. The van der Waals surface area contributed by atoms with Crippen LogP contribution in [0.3, 0.4) is 0 Å². The Kier molecular flexibility index (Phi) is 4.37. The van der Waals surface area contributed by atoms with Gasteiger partial charge in [0.05, 0.1) is 16.8 Å². The van der Waals surface area contributed by atoms with Gasteiger partial charge in [0, 0.05) is 44.6 Å². The van der Waals surface area contributed by atoms with E-state index in [1.54, 1.807) is 18.6 Å². The zero-order valence-electron chi connectivity index (χ0n) is 13.3. The quantitative estimate of drug-likeness (QED) is 0.678. The first-order valence-corrected chi connectivity index (χ1v) is 8.69. The van der Waals surface area contributed by atoms with Crippen molar-refractivity contribution >= 4 is 15.9 Å². The molecule has 0 saturated carbocycles. The molecule has 126 valence electrons. The fourth-order valence-corrected chi connectivity index (χ4v) is 3.33. The minimum Gasteiger partial charge on any atom is -0.306 e.